The molecule has 0 aromatic heterocycles. The summed E-state index contributed by atoms with van der Waals surface area (Å²) in [5.74, 6) is -0.766. The third kappa shape index (κ3) is 9.95. The normalized spacial score (nSPS) is 14.8. The van der Waals surface area contributed by atoms with Crippen LogP contribution in [0.1, 0.15) is 50.7 Å². The Hall–Kier alpha value is -5.64. The van der Waals surface area contributed by atoms with Crippen LogP contribution >= 0.6 is 0 Å². The highest BCUT2D eigenvalue weighted by molar-refractivity contribution is 5.93. The highest BCUT2D eigenvalue weighted by atomic mass is 16.6. The van der Waals surface area contributed by atoms with Crippen LogP contribution in [0.5, 0.6) is 23.0 Å². The second-order valence-corrected chi connectivity index (χ2v) is 12.1. The quantitative estimate of drug-likeness (QED) is 0.0962. The van der Waals surface area contributed by atoms with Crippen LogP contribution in [0, 0.1) is 11.8 Å². The molecular formula is C40H42N2O8. The molecule has 1 fully saturated rings. The number of carbonyl (C=O) groups is 4. The predicted octanol–water partition coefficient (Wildman–Crippen LogP) is 8.75. The molecule has 0 spiro atoms. The molecule has 0 N–H and O–H groups in total. The lowest BCUT2D eigenvalue weighted by Gasteiger charge is -2.33. The number of carbonyl (C=O) groups excluding carboxylic acids is 4. The molecule has 10 heteroatoms. The van der Waals surface area contributed by atoms with Crippen LogP contribution in [0.2, 0.25) is 0 Å². The van der Waals surface area contributed by atoms with Crippen LogP contribution in [0.15, 0.2) is 109 Å². The molecule has 50 heavy (non-hydrogen) atoms. The highest BCUT2D eigenvalue weighted by Gasteiger charge is 2.45. The van der Waals surface area contributed by atoms with Gasteiger partial charge in [0.15, 0.2) is 0 Å². The summed E-state index contributed by atoms with van der Waals surface area (Å²) >= 11 is 0. The molecular weight excluding hydrogens is 636 g/mol. The molecule has 0 saturated heterocycles. The molecule has 1 saturated carbocycles. The minimum Gasteiger partial charge on any atom is -0.457 e. The van der Waals surface area contributed by atoms with Crippen molar-refractivity contribution in [1.82, 2.24) is 9.80 Å². The number of hydrogen-bond donors (Lipinski definition) is 0. The first-order valence-electron chi connectivity index (χ1n) is 17.0. The first-order valence-corrected chi connectivity index (χ1v) is 17.0. The van der Waals surface area contributed by atoms with E-state index in [9.17, 15) is 19.2 Å². The van der Waals surface area contributed by atoms with Gasteiger partial charge < -0.3 is 28.7 Å². The van der Waals surface area contributed by atoms with Gasteiger partial charge in [-0.05, 0) is 85.3 Å². The maximum absolute atomic E-state index is 13.1. The Labute approximate surface area is 292 Å². The van der Waals surface area contributed by atoms with Crippen molar-refractivity contribution >= 4 is 24.1 Å². The average Bonchev–Trinajstić information content (AvgIpc) is 3.08. The molecule has 2 atom stereocenters. The Kier molecular flexibility index (Phi) is 12.6. The van der Waals surface area contributed by atoms with Gasteiger partial charge in [0.2, 0.25) is 0 Å². The van der Waals surface area contributed by atoms with Gasteiger partial charge in [-0.3, -0.25) is 9.59 Å². The zero-order valence-electron chi connectivity index (χ0n) is 28.4. The Balaban J connectivity index is 1.14. The van der Waals surface area contributed by atoms with Gasteiger partial charge in [-0.25, -0.2) is 9.59 Å². The number of ether oxygens (including phenoxy) is 4. The summed E-state index contributed by atoms with van der Waals surface area (Å²) in [5, 5.41) is 0. The lowest BCUT2D eigenvalue weighted by Crippen LogP contribution is -2.44. The fourth-order valence-electron chi connectivity index (χ4n) is 5.63. The van der Waals surface area contributed by atoms with Gasteiger partial charge in [0.1, 0.15) is 23.0 Å². The lowest BCUT2D eigenvalue weighted by atomic mass is 9.74. The zero-order valence-corrected chi connectivity index (χ0v) is 28.4. The van der Waals surface area contributed by atoms with Crippen molar-refractivity contribution < 1.29 is 38.1 Å². The van der Waals surface area contributed by atoms with E-state index in [1.807, 2.05) is 123 Å². The summed E-state index contributed by atoms with van der Waals surface area (Å²) < 4.78 is 22.4. The Morgan fingerprint density at radius 2 is 0.920 bits per heavy atom. The molecule has 10 nitrogen and oxygen atoms in total. The van der Waals surface area contributed by atoms with Crippen molar-refractivity contribution in [2.24, 2.45) is 11.8 Å². The fraction of sp³-hybridized carbons (Fsp3) is 0.300. The number of rotatable bonds is 14. The molecule has 4 aromatic rings. The van der Waals surface area contributed by atoms with Gasteiger partial charge in [0, 0.05) is 26.2 Å². The van der Waals surface area contributed by atoms with E-state index in [-0.39, 0.29) is 13.1 Å². The smallest absolute Gasteiger partial charge is 0.417 e. The van der Waals surface area contributed by atoms with Crippen molar-refractivity contribution in [2.45, 2.75) is 52.6 Å². The van der Waals surface area contributed by atoms with Gasteiger partial charge in [-0.15, -0.1) is 0 Å². The highest BCUT2D eigenvalue weighted by Crippen LogP contribution is 2.37. The largest absolute Gasteiger partial charge is 0.457 e. The summed E-state index contributed by atoms with van der Waals surface area (Å²) in [6, 6.07) is 33.4. The number of para-hydroxylation sites is 2. The molecule has 2 amide bonds. The predicted molar refractivity (Wildman–Crippen MR) is 187 cm³/mol. The Morgan fingerprint density at radius 1 is 0.540 bits per heavy atom. The van der Waals surface area contributed by atoms with Gasteiger partial charge in [-0.1, -0.05) is 74.5 Å². The molecule has 1 aliphatic carbocycles. The summed E-state index contributed by atoms with van der Waals surface area (Å²) in [7, 11) is 0. The second-order valence-electron chi connectivity index (χ2n) is 12.1. The van der Waals surface area contributed by atoms with Crippen LogP contribution in [-0.4, -0.2) is 47.0 Å². The molecule has 260 valence electrons. The van der Waals surface area contributed by atoms with Crippen LogP contribution < -0.4 is 9.47 Å². The molecule has 1 aliphatic rings. The fourth-order valence-corrected chi connectivity index (χ4v) is 5.63. The first-order chi connectivity index (χ1) is 24.3. The second kappa shape index (κ2) is 17.7. The third-order valence-electron chi connectivity index (χ3n) is 8.26. The molecule has 0 heterocycles. The molecule has 4 aromatic carbocycles. The summed E-state index contributed by atoms with van der Waals surface area (Å²) in [4.78, 5) is 55.4. The van der Waals surface area contributed by atoms with E-state index in [1.165, 1.54) is 9.80 Å². The van der Waals surface area contributed by atoms with Gasteiger partial charge in [0.25, 0.3) is 0 Å². The SMILES string of the molecule is CCCN(Cc1cccc(Oc2ccccc2)c1)C(=O)OC(=O)C1CCC1C(=O)OC(=O)N(CCC)Cc1cccc(Oc2ccccc2)c1. The molecule has 5 rings (SSSR count). The standard InChI is InChI=1S/C40H42N2O8/c1-3-23-41(27-29-13-11-19-33(25-29)47-31-15-7-5-8-16-31)39(45)49-37(43)35-21-22-36(35)38(44)50-40(46)42(24-4-2)28-30-14-12-20-34(26-30)48-32-17-9-6-10-18-32/h5-20,25-26,35-36H,3-4,21-24,27-28H2,1-2H3. The van der Waals surface area contributed by atoms with Crippen molar-refractivity contribution in [1.29, 1.82) is 0 Å². The molecule has 0 aliphatic heterocycles. The average molecular weight is 679 g/mol. The zero-order chi connectivity index (χ0) is 35.3. The summed E-state index contributed by atoms with van der Waals surface area (Å²) in [6.45, 7) is 4.95. The summed E-state index contributed by atoms with van der Waals surface area (Å²) in [6.07, 6.45) is 0.382. The van der Waals surface area contributed by atoms with Crippen molar-refractivity contribution in [2.75, 3.05) is 13.1 Å². The van der Waals surface area contributed by atoms with Crippen LogP contribution in [0.3, 0.4) is 0 Å². The number of nitrogens with zero attached hydrogens (tertiary/aromatic N) is 2. The Morgan fingerprint density at radius 3 is 1.28 bits per heavy atom. The van der Waals surface area contributed by atoms with Crippen molar-refractivity contribution in [3.05, 3.63) is 120 Å². The van der Waals surface area contributed by atoms with E-state index in [0.29, 0.717) is 61.8 Å². The van der Waals surface area contributed by atoms with Crippen LogP contribution in [-0.2, 0) is 32.2 Å². The topological polar surface area (TPSA) is 112 Å². The van der Waals surface area contributed by atoms with E-state index < -0.39 is 36.0 Å². The minimum absolute atomic E-state index is 0.200. The monoisotopic (exact) mass is 678 g/mol. The number of benzene rings is 4. The van der Waals surface area contributed by atoms with E-state index >= 15 is 0 Å². The third-order valence-corrected chi connectivity index (χ3v) is 8.26. The maximum atomic E-state index is 13.1. The van der Waals surface area contributed by atoms with E-state index in [2.05, 4.69) is 0 Å². The van der Waals surface area contributed by atoms with Gasteiger partial charge >= 0.3 is 24.1 Å². The van der Waals surface area contributed by atoms with Gasteiger partial charge in [-0.2, -0.15) is 0 Å². The van der Waals surface area contributed by atoms with Crippen molar-refractivity contribution in [3.63, 3.8) is 0 Å². The van der Waals surface area contributed by atoms with Crippen LogP contribution in [0.4, 0.5) is 9.59 Å². The maximum Gasteiger partial charge on any atom is 0.417 e. The van der Waals surface area contributed by atoms with E-state index in [4.69, 9.17) is 18.9 Å². The Bertz CT molecular complexity index is 1620. The number of esters is 2. The van der Waals surface area contributed by atoms with Crippen LogP contribution in [0.25, 0.3) is 0 Å². The molecule has 2 unspecified atom stereocenters. The molecule has 0 radical (unpaired) electrons. The molecule has 0 bridgehead atoms. The van der Waals surface area contributed by atoms with E-state index in [1.54, 1.807) is 0 Å². The van der Waals surface area contributed by atoms with Gasteiger partial charge in [0.05, 0.1) is 11.8 Å². The van der Waals surface area contributed by atoms with E-state index in [0.717, 1.165) is 11.1 Å². The first kappa shape index (κ1) is 35.7. The summed E-state index contributed by atoms with van der Waals surface area (Å²) in [5.41, 5.74) is 1.60. The number of amides is 2. The van der Waals surface area contributed by atoms with Crippen molar-refractivity contribution in [3.8, 4) is 23.0 Å². The minimum atomic E-state index is -0.878. The number of hydrogen-bond acceptors (Lipinski definition) is 8. The lowest BCUT2D eigenvalue weighted by molar-refractivity contribution is -0.161.